The maximum atomic E-state index is 2.49. The van der Waals surface area contributed by atoms with E-state index in [-0.39, 0.29) is 0 Å². The Kier molecular flexibility index (Phi) is 6.22. The molecule has 1 saturated carbocycles. The van der Waals surface area contributed by atoms with Crippen molar-refractivity contribution in [2.45, 2.75) is 58.8 Å². The van der Waals surface area contributed by atoms with Crippen molar-refractivity contribution in [1.29, 1.82) is 0 Å². The first-order valence-corrected chi connectivity index (χ1v) is 10.1. The van der Waals surface area contributed by atoms with Gasteiger partial charge in [-0.3, -0.25) is 0 Å². The molecule has 0 amide bonds. The summed E-state index contributed by atoms with van der Waals surface area (Å²) in [6.45, 7) is 4.65. The van der Waals surface area contributed by atoms with Crippen LogP contribution in [0.25, 0.3) is 0 Å². The average molecular weight is 266 g/mol. The van der Waals surface area contributed by atoms with E-state index in [1.165, 1.54) is 38.3 Å². The molecular formula is C17H31P. The van der Waals surface area contributed by atoms with Crippen LogP contribution in [0.15, 0.2) is 12.2 Å². The molecule has 1 saturated heterocycles. The van der Waals surface area contributed by atoms with Gasteiger partial charge in [0.2, 0.25) is 0 Å². The van der Waals surface area contributed by atoms with Crippen LogP contribution in [-0.4, -0.2) is 18.5 Å². The normalized spacial score (nSPS) is 38.1. The predicted octanol–water partition coefficient (Wildman–Crippen LogP) is 5.67. The van der Waals surface area contributed by atoms with Crippen LogP contribution in [0.3, 0.4) is 0 Å². The van der Waals surface area contributed by atoms with E-state index < -0.39 is 0 Å². The van der Waals surface area contributed by atoms with Gasteiger partial charge in [-0.15, -0.1) is 7.92 Å². The van der Waals surface area contributed by atoms with E-state index in [2.05, 4.69) is 26.0 Å². The van der Waals surface area contributed by atoms with Crippen LogP contribution in [-0.2, 0) is 0 Å². The summed E-state index contributed by atoms with van der Waals surface area (Å²) < 4.78 is 0. The highest BCUT2D eigenvalue weighted by atomic mass is 31.1. The quantitative estimate of drug-likeness (QED) is 0.454. The molecule has 0 atom stereocenters. The summed E-state index contributed by atoms with van der Waals surface area (Å²) in [4.78, 5) is 0. The van der Waals surface area contributed by atoms with Gasteiger partial charge in [0, 0.05) is 0 Å². The van der Waals surface area contributed by atoms with Gasteiger partial charge in [0.15, 0.2) is 0 Å². The molecule has 0 spiro atoms. The molecule has 1 aliphatic carbocycles. The molecule has 1 aliphatic heterocycles. The van der Waals surface area contributed by atoms with Gasteiger partial charge in [-0.1, -0.05) is 26.0 Å². The molecule has 1 heteroatoms. The Hall–Kier alpha value is 0.170. The van der Waals surface area contributed by atoms with Gasteiger partial charge in [0.25, 0.3) is 0 Å². The predicted molar refractivity (Wildman–Crippen MR) is 84.8 cm³/mol. The van der Waals surface area contributed by atoms with Crippen molar-refractivity contribution in [2.24, 2.45) is 17.8 Å². The first-order valence-electron chi connectivity index (χ1n) is 8.22. The summed E-state index contributed by atoms with van der Waals surface area (Å²) in [6.07, 6.45) is 19.9. The molecule has 2 fully saturated rings. The van der Waals surface area contributed by atoms with Crippen molar-refractivity contribution in [3.8, 4) is 0 Å². The lowest BCUT2D eigenvalue weighted by Crippen LogP contribution is -2.25. The SMILES string of the molecule is CC/C=C/C1CCC(C2CCP(CC)CC2)CC1. The highest BCUT2D eigenvalue weighted by Crippen LogP contribution is 2.47. The van der Waals surface area contributed by atoms with Gasteiger partial charge in [-0.2, -0.15) is 0 Å². The average Bonchev–Trinajstić information content (AvgIpc) is 2.46. The molecule has 1 heterocycles. The largest absolute Gasteiger partial charge is 0.107 e. The Morgan fingerprint density at radius 2 is 1.50 bits per heavy atom. The fourth-order valence-corrected chi connectivity index (χ4v) is 6.13. The third-order valence-corrected chi connectivity index (χ3v) is 7.88. The topological polar surface area (TPSA) is 0 Å². The van der Waals surface area contributed by atoms with Crippen molar-refractivity contribution >= 4 is 7.92 Å². The summed E-state index contributed by atoms with van der Waals surface area (Å²) in [7, 11) is 0.455. The summed E-state index contributed by atoms with van der Waals surface area (Å²) >= 11 is 0. The second-order valence-corrected chi connectivity index (χ2v) is 9.15. The van der Waals surface area contributed by atoms with E-state index in [0.29, 0.717) is 7.92 Å². The lowest BCUT2D eigenvalue weighted by Gasteiger charge is -2.37. The molecule has 2 rings (SSSR count). The molecule has 0 radical (unpaired) electrons. The molecule has 0 N–H and O–H groups in total. The van der Waals surface area contributed by atoms with Crippen LogP contribution >= 0.6 is 7.92 Å². The maximum Gasteiger partial charge on any atom is -0.0233 e. The summed E-state index contributed by atoms with van der Waals surface area (Å²) in [5, 5.41) is 0. The lowest BCUT2D eigenvalue weighted by atomic mass is 9.74. The first kappa shape index (κ1) is 14.6. The van der Waals surface area contributed by atoms with E-state index in [1.54, 1.807) is 25.2 Å². The Bertz CT molecular complexity index is 242. The Morgan fingerprint density at radius 3 is 2.06 bits per heavy atom. The summed E-state index contributed by atoms with van der Waals surface area (Å²) in [5.41, 5.74) is 0. The first-order chi connectivity index (χ1) is 8.83. The van der Waals surface area contributed by atoms with Crippen molar-refractivity contribution in [3.05, 3.63) is 12.2 Å². The zero-order valence-corrected chi connectivity index (χ0v) is 13.3. The van der Waals surface area contributed by atoms with E-state index in [0.717, 1.165) is 17.8 Å². The summed E-state index contributed by atoms with van der Waals surface area (Å²) in [5.74, 6) is 3.11. The second-order valence-electron chi connectivity index (χ2n) is 6.28. The standard InChI is InChI=1S/C17H31P/c1-3-5-6-15-7-9-16(10-8-15)17-11-13-18(4-2)14-12-17/h5-6,15-17H,3-4,7-14H2,1-2H3/b6-5+. The summed E-state index contributed by atoms with van der Waals surface area (Å²) in [6, 6.07) is 0. The lowest BCUT2D eigenvalue weighted by molar-refractivity contribution is 0.211. The van der Waals surface area contributed by atoms with E-state index in [1.807, 2.05) is 0 Å². The fraction of sp³-hybridized carbons (Fsp3) is 0.882. The third-order valence-electron chi connectivity index (χ3n) is 5.21. The minimum absolute atomic E-state index is 0.455. The number of allylic oxidation sites excluding steroid dienone is 2. The molecule has 104 valence electrons. The highest BCUT2D eigenvalue weighted by Gasteiger charge is 2.29. The van der Waals surface area contributed by atoms with Crippen LogP contribution in [0.1, 0.15) is 58.8 Å². The minimum Gasteiger partial charge on any atom is -0.107 e. The van der Waals surface area contributed by atoms with Gasteiger partial charge in [-0.05, 0) is 81.2 Å². The van der Waals surface area contributed by atoms with Gasteiger partial charge in [0.05, 0.1) is 0 Å². The zero-order valence-electron chi connectivity index (χ0n) is 12.4. The van der Waals surface area contributed by atoms with E-state index >= 15 is 0 Å². The van der Waals surface area contributed by atoms with E-state index in [4.69, 9.17) is 0 Å². The molecule has 0 nitrogen and oxygen atoms in total. The molecular weight excluding hydrogens is 235 g/mol. The Labute approximate surface area is 115 Å². The van der Waals surface area contributed by atoms with Gasteiger partial charge < -0.3 is 0 Å². The van der Waals surface area contributed by atoms with Crippen molar-refractivity contribution in [3.63, 3.8) is 0 Å². The van der Waals surface area contributed by atoms with Crippen LogP contribution in [0.4, 0.5) is 0 Å². The minimum atomic E-state index is 0.455. The van der Waals surface area contributed by atoms with Gasteiger partial charge in [-0.25, -0.2) is 0 Å². The molecule has 2 aliphatic rings. The molecule has 0 bridgehead atoms. The maximum absolute atomic E-state index is 2.49. The number of hydrogen-bond acceptors (Lipinski definition) is 0. The molecule has 0 aromatic carbocycles. The van der Waals surface area contributed by atoms with Gasteiger partial charge in [0.1, 0.15) is 0 Å². The molecule has 0 unspecified atom stereocenters. The molecule has 18 heavy (non-hydrogen) atoms. The number of rotatable bonds is 4. The smallest absolute Gasteiger partial charge is 0.0233 e. The van der Waals surface area contributed by atoms with Crippen molar-refractivity contribution < 1.29 is 0 Å². The van der Waals surface area contributed by atoms with Crippen LogP contribution in [0.2, 0.25) is 0 Å². The fourth-order valence-electron chi connectivity index (χ4n) is 3.88. The molecule has 0 aromatic rings. The van der Waals surface area contributed by atoms with Crippen LogP contribution in [0, 0.1) is 17.8 Å². The molecule has 0 aromatic heterocycles. The number of hydrogen-bond donors (Lipinski definition) is 0. The Morgan fingerprint density at radius 1 is 0.889 bits per heavy atom. The third kappa shape index (κ3) is 4.09. The Balaban J connectivity index is 1.71. The van der Waals surface area contributed by atoms with Crippen LogP contribution in [0.5, 0.6) is 0 Å². The van der Waals surface area contributed by atoms with Crippen molar-refractivity contribution in [2.75, 3.05) is 18.5 Å². The monoisotopic (exact) mass is 266 g/mol. The zero-order chi connectivity index (χ0) is 12.8. The van der Waals surface area contributed by atoms with E-state index in [9.17, 15) is 0 Å². The van der Waals surface area contributed by atoms with Crippen LogP contribution < -0.4 is 0 Å². The van der Waals surface area contributed by atoms with Gasteiger partial charge >= 0.3 is 0 Å². The van der Waals surface area contributed by atoms with Crippen molar-refractivity contribution in [1.82, 2.24) is 0 Å². The second kappa shape index (κ2) is 7.68. The highest BCUT2D eigenvalue weighted by molar-refractivity contribution is 7.57.